The Hall–Kier alpha value is -2.91. The summed E-state index contributed by atoms with van der Waals surface area (Å²) < 4.78 is 10.5. The monoisotopic (exact) mass is 448 g/mol. The zero-order chi connectivity index (χ0) is 21.5. The van der Waals surface area contributed by atoms with Crippen LogP contribution in [-0.2, 0) is 4.74 Å². The van der Waals surface area contributed by atoms with Crippen LogP contribution in [0.2, 0.25) is 10.2 Å². The number of rotatable bonds is 5. The average Bonchev–Trinajstić information content (AvgIpc) is 3.26. The van der Waals surface area contributed by atoms with E-state index in [1.807, 2.05) is 20.8 Å². The molecule has 1 aliphatic heterocycles. The average molecular weight is 449 g/mol. The number of carbonyl (C=O) groups is 1. The van der Waals surface area contributed by atoms with Gasteiger partial charge in [-0.2, -0.15) is 9.97 Å². The van der Waals surface area contributed by atoms with Crippen LogP contribution < -0.4 is 10.2 Å². The maximum absolute atomic E-state index is 12.2. The van der Waals surface area contributed by atoms with Gasteiger partial charge in [-0.1, -0.05) is 28.4 Å². The predicted octanol–water partition coefficient (Wildman–Crippen LogP) is 4.74. The van der Waals surface area contributed by atoms with E-state index in [0.717, 1.165) is 5.56 Å². The van der Waals surface area contributed by atoms with Crippen LogP contribution in [0.4, 0.5) is 16.6 Å². The lowest BCUT2D eigenvalue weighted by molar-refractivity contribution is 0.175. The third-order valence-electron chi connectivity index (χ3n) is 4.51. The molecule has 11 heteroatoms. The van der Waals surface area contributed by atoms with Crippen molar-refractivity contribution in [2.75, 3.05) is 16.8 Å². The largest absolute Gasteiger partial charge is 0.447 e. The van der Waals surface area contributed by atoms with Crippen LogP contribution in [0.5, 0.6) is 0 Å². The van der Waals surface area contributed by atoms with Crippen LogP contribution in [-0.4, -0.2) is 38.3 Å². The lowest BCUT2D eigenvalue weighted by atomic mass is 10.1. The number of amides is 1. The van der Waals surface area contributed by atoms with E-state index in [1.165, 1.54) is 11.0 Å². The maximum Gasteiger partial charge on any atom is 0.416 e. The van der Waals surface area contributed by atoms with Crippen LogP contribution >= 0.6 is 23.2 Å². The quantitative estimate of drug-likeness (QED) is 0.557. The van der Waals surface area contributed by atoms with E-state index < -0.39 is 17.7 Å². The van der Waals surface area contributed by atoms with Gasteiger partial charge in [-0.3, -0.25) is 4.90 Å². The van der Waals surface area contributed by atoms with Gasteiger partial charge in [0.2, 0.25) is 17.7 Å². The number of cyclic esters (lactones) is 1. The molecule has 3 aromatic rings. The number of nitrogens with one attached hydrogen (secondary N) is 1. The van der Waals surface area contributed by atoms with Crippen molar-refractivity contribution in [2.24, 2.45) is 0 Å². The fourth-order valence-electron chi connectivity index (χ4n) is 2.99. The molecule has 156 valence electrons. The highest BCUT2D eigenvalue weighted by Crippen LogP contribution is 2.31. The molecule has 3 heterocycles. The molecular weight excluding hydrogens is 431 g/mol. The fraction of sp³-hybridized carbons (Fsp3) is 0.316. The maximum atomic E-state index is 12.2. The molecule has 4 rings (SSSR count). The third kappa shape index (κ3) is 4.03. The van der Waals surface area contributed by atoms with Crippen LogP contribution in [0.25, 0.3) is 11.4 Å². The highest BCUT2D eigenvalue weighted by Gasteiger charge is 2.42. The van der Waals surface area contributed by atoms with E-state index in [4.69, 9.17) is 32.5 Å². The van der Waals surface area contributed by atoms with Crippen molar-refractivity contribution in [2.45, 2.75) is 32.4 Å². The van der Waals surface area contributed by atoms with Gasteiger partial charge >= 0.3 is 6.09 Å². The summed E-state index contributed by atoms with van der Waals surface area (Å²) in [5.74, 6) is 1.33. The van der Waals surface area contributed by atoms with Crippen LogP contribution in [0.15, 0.2) is 34.9 Å². The minimum Gasteiger partial charge on any atom is -0.447 e. The van der Waals surface area contributed by atoms with Gasteiger partial charge in [0.25, 0.3) is 0 Å². The Morgan fingerprint density at radius 1 is 1.17 bits per heavy atom. The van der Waals surface area contributed by atoms with Crippen molar-refractivity contribution in [1.29, 1.82) is 0 Å². The Labute approximate surface area is 182 Å². The second-order valence-corrected chi connectivity index (χ2v) is 8.23. The lowest BCUT2D eigenvalue weighted by Crippen LogP contribution is -2.42. The van der Waals surface area contributed by atoms with E-state index in [1.54, 1.807) is 24.3 Å². The number of hydrogen-bond donors (Lipinski definition) is 1. The summed E-state index contributed by atoms with van der Waals surface area (Å²) in [4.78, 5) is 26.6. The second kappa shape index (κ2) is 7.73. The molecule has 0 bridgehead atoms. The van der Waals surface area contributed by atoms with Crippen LogP contribution in [0, 0.1) is 0 Å². The van der Waals surface area contributed by atoms with E-state index in [-0.39, 0.29) is 17.7 Å². The van der Waals surface area contributed by atoms with E-state index in [2.05, 4.69) is 25.4 Å². The van der Waals surface area contributed by atoms with Gasteiger partial charge < -0.3 is 14.6 Å². The Kier molecular flexibility index (Phi) is 5.25. The zero-order valence-electron chi connectivity index (χ0n) is 16.4. The van der Waals surface area contributed by atoms with E-state index >= 15 is 0 Å². The number of ether oxygens (including phenoxy) is 1. The summed E-state index contributed by atoms with van der Waals surface area (Å²) in [5, 5.41) is 7.88. The van der Waals surface area contributed by atoms with E-state index in [0.29, 0.717) is 22.6 Å². The van der Waals surface area contributed by atoms with Crippen LogP contribution in [0.1, 0.15) is 32.7 Å². The molecule has 0 aliphatic carbocycles. The number of nitrogens with zero attached hydrogens (tertiary/aromatic N) is 5. The molecule has 0 radical (unpaired) electrons. The Balaban J connectivity index is 1.55. The topological polar surface area (TPSA) is 106 Å². The van der Waals surface area contributed by atoms with Gasteiger partial charge in [0.05, 0.1) is 5.54 Å². The van der Waals surface area contributed by atoms with Gasteiger partial charge in [0.15, 0.2) is 0 Å². The molecule has 2 aromatic heterocycles. The van der Waals surface area contributed by atoms with Crippen molar-refractivity contribution >= 4 is 41.1 Å². The molecule has 1 amide bonds. The number of benzene rings is 1. The zero-order valence-corrected chi connectivity index (χ0v) is 17.9. The number of anilines is 2. The third-order valence-corrected chi connectivity index (χ3v) is 4.95. The van der Waals surface area contributed by atoms with Crippen molar-refractivity contribution in [3.63, 3.8) is 0 Å². The molecule has 30 heavy (non-hydrogen) atoms. The molecular formula is C19H18Cl2N6O3. The number of hydrogen-bond acceptors (Lipinski definition) is 8. The number of carbonyl (C=O) groups excluding carboxylic acids is 1. The lowest BCUT2D eigenvalue weighted by Gasteiger charge is -2.27. The van der Waals surface area contributed by atoms with Gasteiger partial charge in [-0.25, -0.2) is 9.78 Å². The minimum absolute atomic E-state index is 0.178. The van der Waals surface area contributed by atoms with Crippen molar-refractivity contribution in [1.82, 2.24) is 20.1 Å². The van der Waals surface area contributed by atoms with E-state index in [9.17, 15) is 4.79 Å². The van der Waals surface area contributed by atoms with Crippen molar-refractivity contribution in [3.05, 3.63) is 46.4 Å². The molecule has 9 nitrogen and oxygen atoms in total. The summed E-state index contributed by atoms with van der Waals surface area (Å²) in [7, 11) is 0. The first-order valence-corrected chi connectivity index (χ1v) is 9.86. The first-order chi connectivity index (χ1) is 14.2. The minimum atomic E-state index is -0.558. The Morgan fingerprint density at radius 3 is 2.57 bits per heavy atom. The highest BCUT2D eigenvalue weighted by atomic mass is 35.5. The number of aromatic nitrogens is 4. The number of halogens is 2. The fourth-order valence-corrected chi connectivity index (χ4v) is 3.29. The van der Waals surface area contributed by atoms with Crippen molar-refractivity contribution < 1.29 is 14.1 Å². The molecule has 0 saturated carbocycles. The molecule has 1 aromatic carbocycles. The predicted molar refractivity (Wildman–Crippen MR) is 112 cm³/mol. The first kappa shape index (κ1) is 20.4. The summed E-state index contributed by atoms with van der Waals surface area (Å²) >= 11 is 12.1. The highest BCUT2D eigenvalue weighted by molar-refractivity contribution is 6.30. The molecule has 1 aliphatic rings. The molecule has 0 unspecified atom stereocenters. The standard InChI is InChI=1S/C19H18Cl2N6O3/c1-10(16-25-15(26-30-16)11-4-6-12(20)7-5-11)22-17-23-13(21)8-14(24-17)27-18(28)29-9-19(27,2)3/h4-8,10H,9H2,1-3H3,(H,22,23,24)/t10-/m0/s1. The normalized spacial score (nSPS) is 16.4. The summed E-state index contributed by atoms with van der Waals surface area (Å²) in [5.41, 5.74) is 0.218. The van der Waals surface area contributed by atoms with Crippen molar-refractivity contribution in [3.8, 4) is 11.4 Å². The second-order valence-electron chi connectivity index (χ2n) is 7.40. The summed E-state index contributed by atoms with van der Waals surface area (Å²) in [6, 6.07) is 8.21. The SMILES string of the molecule is C[C@H](Nc1nc(Cl)cc(N2C(=O)OCC2(C)C)n1)c1nc(-c2ccc(Cl)cc2)no1. The van der Waals surface area contributed by atoms with Gasteiger partial charge in [0.1, 0.15) is 23.6 Å². The van der Waals surface area contributed by atoms with Gasteiger partial charge in [-0.05, 0) is 45.0 Å². The molecule has 1 atom stereocenters. The van der Waals surface area contributed by atoms with Crippen LogP contribution in [0.3, 0.4) is 0 Å². The Morgan fingerprint density at radius 2 is 1.90 bits per heavy atom. The summed E-state index contributed by atoms with van der Waals surface area (Å²) in [6.07, 6.45) is -0.488. The first-order valence-electron chi connectivity index (χ1n) is 9.10. The molecule has 1 saturated heterocycles. The van der Waals surface area contributed by atoms with Gasteiger partial charge in [0, 0.05) is 16.7 Å². The molecule has 1 N–H and O–H groups in total. The molecule has 0 spiro atoms. The Bertz CT molecular complexity index is 1090. The smallest absolute Gasteiger partial charge is 0.416 e. The summed E-state index contributed by atoms with van der Waals surface area (Å²) in [6.45, 7) is 5.82. The molecule has 1 fully saturated rings. The van der Waals surface area contributed by atoms with Gasteiger partial charge in [-0.15, -0.1) is 0 Å².